The topological polar surface area (TPSA) is 30.9 Å². The quantitative estimate of drug-likeness (QED) is 0.283. The minimum atomic E-state index is 0.625. The van der Waals surface area contributed by atoms with Crippen molar-refractivity contribution < 1.29 is 14.2 Å². The molecule has 176 valence electrons. The van der Waals surface area contributed by atoms with E-state index in [1.807, 2.05) is 24.3 Å². The average molecular weight is 464 g/mol. The van der Waals surface area contributed by atoms with E-state index in [1.165, 1.54) is 10.9 Å². The molecule has 0 atom stereocenters. The zero-order valence-corrected chi connectivity index (χ0v) is 20.1. The molecule has 1 aliphatic rings. The highest BCUT2D eigenvalue weighted by Crippen LogP contribution is 2.40. The molecular weight excluding hydrogens is 434 g/mol. The van der Waals surface area contributed by atoms with Gasteiger partial charge in [-0.2, -0.15) is 0 Å². The van der Waals surface area contributed by atoms with E-state index in [0.29, 0.717) is 6.61 Å². The van der Waals surface area contributed by atoms with Gasteiger partial charge in [-0.3, -0.25) is 0 Å². The highest BCUT2D eigenvalue weighted by atomic mass is 16.5. The maximum atomic E-state index is 6.16. The first-order valence-corrected chi connectivity index (χ1v) is 11.8. The number of fused-ring (bicyclic) bond motifs is 1. The molecule has 4 aromatic rings. The van der Waals surface area contributed by atoms with E-state index in [0.717, 1.165) is 52.4 Å². The molecule has 0 radical (unpaired) electrons. The van der Waals surface area contributed by atoms with E-state index < -0.39 is 0 Å². The van der Waals surface area contributed by atoms with Crippen molar-refractivity contribution in [2.75, 3.05) is 33.9 Å². The van der Waals surface area contributed by atoms with E-state index >= 15 is 0 Å². The third-order valence-corrected chi connectivity index (χ3v) is 6.28. The lowest BCUT2D eigenvalue weighted by molar-refractivity contribution is 0.263. The molecular formula is C31H29NO3. The largest absolute Gasteiger partial charge is 0.497 e. The van der Waals surface area contributed by atoms with Gasteiger partial charge in [0.15, 0.2) is 0 Å². The standard InChI is InChI=1S/C31H29NO3/c1-33-26-12-9-23(10-13-26)29-15-11-24-21-27(34-2)14-16-30(24)31(29)25-7-6-8-28(22-25)35-20-19-32-17-4-3-5-18-32/h3-17,21-22H,18-20H2,1-2H3. The first kappa shape index (κ1) is 22.6. The fourth-order valence-electron chi connectivity index (χ4n) is 4.45. The lowest BCUT2D eigenvalue weighted by Gasteiger charge is -2.20. The fourth-order valence-corrected chi connectivity index (χ4v) is 4.45. The molecule has 4 heteroatoms. The van der Waals surface area contributed by atoms with Gasteiger partial charge in [-0.15, -0.1) is 0 Å². The van der Waals surface area contributed by atoms with Gasteiger partial charge < -0.3 is 19.1 Å². The van der Waals surface area contributed by atoms with E-state index in [9.17, 15) is 0 Å². The van der Waals surface area contributed by atoms with E-state index in [-0.39, 0.29) is 0 Å². The highest BCUT2D eigenvalue weighted by molar-refractivity contribution is 6.04. The van der Waals surface area contributed by atoms with Crippen molar-refractivity contribution in [2.24, 2.45) is 0 Å². The molecule has 4 aromatic carbocycles. The lowest BCUT2D eigenvalue weighted by Crippen LogP contribution is -2.24. The minimum Gasteiger partial charge on any atom is -0.497 e. The summed E-state index contributed by atoms with van der Waals surface area (Å²) in [5.74, 6) is 2.56. The Morgan fingerprint density at radius 1 is 0.743 bits per heavy atom. The lowest BCUT2D eigenvalue weighted by atomic mass is 9.89. The molecule has 0 bridgehead atoms. The number of hydrogen-bond donors (Lipinski definition) is 0. The molecule has 0 aliphatic carbocycles. The van der Waals surface area contributed by atoms with Crippen molar-refractivity contribution in [1.82, 2.24) is 4.90 Å². The van der Waals surface area contributed by atoms with Crippen LogP contribution in [0.1, 0.15) is 0 Å². The smallest absolute Gasteiger partial charge is 0.120 e. The first-order chi connectivity index (χ1) is 17.2. The van der Waals surface area contributed by atoms with E-state index in [2.05, 4.69) is 83.9 Å². The number of nitrogens with zero attached hydrogens (tertiary/aromatic N) is 1. The molecule has 35 heavy (non-hydrogen) atoms. The van der Waals surface area contributed by atoms with Crippen LogP contribution in [0.15, 0.2) is 103 Å². The average Bonchev–Trinajstić information content (AvgIpc) is 2.93. The summed E-state index contributed by atoms with van der Waals surface area (Å²) < 4.78 is 17.0. The van der Waals surface area contributed by atoms with Crippen molar-refractivity contribution in [2.45, 2.75) is 0 Å². The predicted molar refractivity (Wildman–Crippen MR) is 143 cm³/mol. The van der Waals surface area contributed by atoms with E-state index in [1.54, 1.807) is 14.2 Å². The summed E-state index contributed by atoms with van der Waals surface area (Å²) in [6.07, 6.45) is 8.38. The van der Waals surface area contributed by atoms with E-state index in [4.69, 9.17) is 14.2 Å². The maximum Gasteiger partial charge on any atom is 0.120 e. The van der Waals surface area contributed by atoms with Gasteiger partial charge in [-0.05, 0) is 81.7 Å². The normalized spacial score (nSPS) is 12.7. The van der Waals surface area contributed by atoms with Crippen molar-refractivity contribution in [3.8, 4) is 39.5 Å². The summed E-state index contributed by atoms with van der Waals surface area (Å²) >= 11 is 0. The first-order valence-electron chi connectivity index (χ1n) is 11.8. The molecule has 4 nitrogen and oxygen atoms in total. The molecule has 0 saturated heterocycles. The molecule has 1 heterocycles. The molecule has 0 unspecified atom stereocenters. The third-order valence-electron chi connectivity index (χ3n) is 6.28. The summed E-state index contributed by atoms with van der Waals surface area (Å²) in [5.41, 5.74) is 4.58. The Morgan fingerprint density at radius 2 is 1.57 bits per heavy atom. The molecule has 0 aromatic heterocycles. The summed E-state index contributed by atoms with van der Waals surface area (Å²) in [6.45, 7) is 2.39. The van der Waals surface area contributed by atoms with Gasteiger partial charge in [0.1, 0.15) is 23.9 Å². The molecule has 0 amide bonds. The van der Waals surface area contributed by atoms with Crippen LogP contribution in [-0.2, 0) is 0 Å². The maximum absolute atomic E-state index is 6.16. The van der Waals surface area contributed by atoms with Crippen LogP contribution in [-0.4, -0.2) is 38.8 Å². The third kappa shape index (κ3) is 5.02. The second-order valence-electron chi connectivity index (χ2n) is 8.44. The Morgan fingerprint density at radius 3 is 2.34 bits per heavy atom. The number of ether oxygens (including phenoxy) is 3. The van der Waals surface area contributed by atoms with Gasteiger partial charge in [0.25, 0.3) is 0 Å². The van der Waals surface area contributed by atoms with Crippen molar-refractivity contribution >= 4 is 10.8 Å². The Hall–Kier alpha value is -4.18. The van der Waals surface area contributed by atoms with Gasteiger partial charge in [-0.25, -0.2) is 0 Å². The number of hydrogen-bond acceptors (Lipinski definition) is 4. The zero-order valence-electron chi connectivity index (χ0n) is 20.1. The van der Waals surface area contributed by atoms with Gasteiger partial charge in [0.05, 0.1) is 20.8 Å². The number of benzene rings is 4. The van der Waals surface area contributed by atoms with Crippen molar-refractivity contribution in [3.63, 3.8) is 0 Å². The van der Waals surface area contributed by atoms with Gasteiger partial charge in [0.2, 0.25) is 0 Å². The van der Waals surface area contributed by atoms with Gasteiger partial charge in [-0.1, -0.05) is 54.6 Å². The summed E-state index contributed by atoms with van der Waals surface area (Å²) in [4.78, 5) is 2.24. The minimum absolute atomic E-state index is 0.625. The zero-order chi connectivity index (χ0) is 24.0. The molecule has 0 fully saturated rings. The second-order valence-corrected chi connectivity index (χ2v) is 8.44. The highest BCUT2D eigenvalue weighted by Gasteiger charge is 2.14. The summed E-state index contributed by atoms with van der Waals surface area (Å²) in [7, 11) is 3.39. The summed E-state index contributed by atoms with van der Waals surface area (Å²) in [5, 5.41) is 2.30. The van der Waals surface area contributed by atoms with Crippen molar-refractivity contribution in [3.05, 3.63) is 103 Å². The van der Waals surface area contributed by atoms with Crippen LogP contribution in [0.3, 0.4) is 0 Å². The Balaban J connectivity index is 1.52. The van der Waals surface area contributed by atoms with Gasteiger partial charge in [0, 0.05) is 6.54 Å². The predicted octanol–water partition coefficient (Wildman–Crippen LogP) is 6.96. The number of methoxy groups -OCH3 is 2. The Labute approximate surface area is 206 Å². The molecule has 0 saturated carbocycles. The van der Waals surface area contributed by atoms with Crippen LogP contribution < -0.4 is 14.2 Å². The molecule has 1 aliphatic heterocycles. The van der Waals surface area contributed by atoms with Gasteiger partial charge >= 0.3 is 0 Å². The van der Waals surface area contributed by atoms with Crippen LogP contribution >= 0.6 is 0 Å². The fraction of sp³-hybridized carbons (Fsp3) is 0.161. The van der Waals surface area contributed by atoms with Crippen LogP contribution in [0.2, 0.25) is 0 Å². The molecule has 0 spiro atoms. The van der Waals surface area contributed by atoms with Crippen LogP contribution in [0.4, 0.5) is 0 Å². The monoisotopic (exact) mass is 463 g/mol. The van der Waals surface area contributed by atoms with Crippen LogP contribution in [0, 0.1) is 0 Å². The molecule has 5 rings (SSSR count). The molecule has 0 N–H and O–H groups in total. The number of rotatable bonds is 8. The number of allylic oxidation sites excluding steroid dienone is 2. The van der Waals surface area contributed by atoms with Crippen molar-refractivity contribution in [1.29, 1.82) is 0 Å². The Bertz CT molecular complexity index is 1370. The SMILES string of the molecule is COc1ccc(-c2ccc3cc(OC)ccc3c2-c2cccc(OCCN3C=CC=CC3)c2)cc1. The van der Waals surface area contributed by atoms with Crippen LogP contribution in [0.25, 0.3) is 33.0 Å². The Kier molecular flexibility index (Phi) is 6.71. The van der Waals surface area contributed by atoms with Crippen LogP contribution in [0.5, 0.6) is 17.2 Å². The second kappa shape index (κ2) is 10.4. The summed E-state index contributed by atoms with van der Waals surface area (Å²) in [6, 6.07) is 27.2.